The molecule has 1 fully saturated rings. The Hall–Kier alpha value is -2.15. The zero-order valence-electron chi connectivity index (χ0n) is 16.5. The van der Waals surface area contributed by atoms with Crippen molar-refractivity contribution < 1.29 is 14.6 Å². The molecule has 6 nitrogen and oxygen atoms in total. The van der Waals surface area contributed by atoms with Gasteiger partial charge in [0, 0.05) is 51.1 Å². The maximum atomic E-state index is 9.56. The number of piperazine rings is 1. The molecule has 1 unspecified atom stereocenters. The largest absolute Gasteiger partial charge is 0.486 e. The highest BCUT2D eigenvalue weighted by molar-refractivity contribution is 5.43. The molecule has 0 spiro atoms. The van der Waals surface area contributed by atoms with Crippen LogP contribution in [0, 0.1) is 6.92 Å². The van der Waals surface area contributed by atoms with E-state index in [0.29, 0.717) is 19.3 Å². The van der Waals surface area contributed by atoms with Crippen LogP contribution in [0.3, 0.4) is 0 Å². The van der Waals surface area contributed by atoms with Gasteiger partial charge >= 0.3 is 0 Å². The van der Waals surface area contributed by atoms with Gasteiger partial charge in [-0.05, 0) is 43.2 Å². The number of benzene rings is 1. The summed E-state index contributed by atoms with van der Waals surface area (Å²) in [7, 11) is 0. The predicted octanol–water partition coefficient (Wildman–Crippen LogP) is 2.23. The lowest BCUT2D eigenvalue weighted by Crippen LogP contribution is -2.52. The average Bonchev–Trinajstić information content (AvgIpc) is 2.70. The Kier molecular flexibility index (Phi) is 6.10. The molecule has 1 aromatic heterocycles. The molecule has 0 radical (unpaired) electrons. The molecule has 28 heavy (non-hydrogen) atoms. The van der Waals surface area contributed by atoms with E-state index in [4.69, 9.17) is 9.47 Å². The van der Waals surface area contributed by atoms with E-state index < -0.39 is 0 Å². The lowest BCUT2D eigenvalue weighted by Gasteiger charge is -2.41. The van der Waals surface area contributed by atoms with Gasteiger partial charge in [-0.15, -0.1) is 0 Å². The van der Waals surface area contributed by atoms with Gasteiger partial charge in [-0.1, -0.05) is 12.1 Å². The quantitative estimate of drug-likeness (QED) is 0.826. The van der Waals surface area contributed by atoms with Crippen LogP contribution in [-0.4, -0.2) is 65.4 Å². The van der Waals surface area contributed by atoms with Crippen molar-refractivity contribution in [2.45, 2.75) is 32.5 Å². The minimum Gasteiger partial charge on any atom is -0.486 e. The summed E-state index contributed by atoms with van der Waals surface area (Å²) in [6.45, 7) is 8.11. The average molecular weight is 383 g/mol. The minimum atomic E-state index is 0.209. The van der Waals surface area contributed by atoms with Gasteiger partial charge in [0.2, 0.25) is 0 Å². The normalized spacial score (nSPS) is 20.3. The number of nitrogens with zero attached hydrogens (tertiary/aromatic N) is 3. The van der Waals surface area contributed by atoms with Crippen LogP contribution >= 0.6 is 0 Å². The summed E-state index contributed by atoms with van der Waals surface area (Å²) in [6, 6.07) is 12.7. The highest BCUT2D eigenvalue weighted by Gasteiger charge is 2.27. The van der Waals surface area contributed by atoms with Crippen molar-refractivity contribution in [2.24, 2.45) is 0 Å². The van der Waals surface area contributed by atoms with Crippen LogP contribution in [0.4, 0.5) is 0 Å². The second-order valence-electron chi connectivity index (χ2n) is 7.62. The van der Waals surface area contributed by atoms with Crippen molar-refractivity contribution in [1.29, 1.82) is 0 Å². The zero-order chi connectivity index (χ0) is 19.3. The van der Waals surface area contributed by atoms with Crippen LogP contribution in [0.25, 0.3) is 0 Å². The highest BCUT2D eigenvalue weighted by Crippen LogP contribution is 2.31. The molecule has 2 aromatic rings. The van der Waals surface area contributed by atoms with Gasteiger partial charge in [0.15, 0.2) is 11.5 Å². The van der Waals surface area contributed by atoms with Crippen LogP contribution in [0.15, 0.2) is 36.4 Å². The number of fused-ring (bicyclic) bond motifs is 1. The fourth-order valence-corrected chi connectivity index (χ4v) is 4.07. The summed E-state index contributed by atoms with van der Waals surface area (Å²) >= 11 is 0. The van der Waals surface area contributed by atoms with Crippen LogP contribution in [0.2, 0.25) is 0 Å². The van der Waals surface area contributed by atoms with Crippen molar-refractivity contribution >= 4 is 0 Å². The van der Waals surface area contributed by atoms with E-state index in [1.54, 1.807) is 0 Å². The molecular formula is C22H29N3O3. The molecule has 4 rings (SSSR count). The third kappa shape index (κ3) is 4.63. The zero-order valence-corrected chi connectivity index (χ0v) is 16.5. The molecule has 1 aromatic carbocycles. The summed E-state index contributed by atoms with van der Waals surface area (Å²) in [5, 5.41) is 9.56. The number of aryl methyl sites for hydroxylation is 1. The number of ether oxygens (including phenoxy) is 2. The Balaban J connectivity index is 1.40. The Morgan fingerprint density at radius 1 is 1.07 bits per heavy atom. The number of hydrogen-bond acceptors (Lipinski definition) is 6. The van der Waals surface area contributed by atoms with Crippen LogP contribution < -0.4 is 9.47 Å². The summed E-state index contributed by atoms with van der Waals surface area (Å²) in [6.07, 6.45) is 0.781. The first-order chi connectivity index (χ1) is 13.7. The lowest BCUT2D eigenvalue weighted by molar-refractivity contribution is 0.0490. The summed E-state index contributed by atoms with van der Waals surface area (Å²) in [5.41, 5.74) is 3.39. The molecule has 0 amide bonds. The van der Waals surface area contributed by atoms with Crippen molar-refractivity contribution in [2.75, 3.05) is 39.5 Å². The topological polar surface area (TPSA) is 58.1 Å². The first kappa shape index (κ1) is 19.2. The second-order valence-corrected chi connectivity index (χ2v) is 7.62. The number of rotatable bonds is 6. The predicted molar refractivity (Wildman–Crippen MR) is 108 cm³/mol. The maximum absolute atomic E-state index is 9.56. The summed E-state index contributed by atoms with van der Waals surface area (Å²) in [4.78, 5) is 9.57. The Bertz CT molecular complexity index is 798. The molecule has 0 bridgehead atoms. The maximum Gasteiger partial charge on any atom is 0.161 e. The van der Waals surface area contributed by atoms with Crippen LogP contribution in [0.1, 0.15) is 23.4 Å². The van der Waals surface area contributed by atoms with Crippen molar-refractivity contribution in [1.82, 2.24) is 14.8 Å². The molecular weight excluding hydrogens is 354 g/mol. The molecule has 3 heterocycles. The van der Waals surface area contributed by atoms with Gasteiger partial charge < -0.3 is 14.6 Å². The third-order valence-electron chi connectivity index (χ3n) is 5.47. The van der Waals surface area contributed by atoms with Gasteiger partial charge in [-0.2, -0.15) is 0 Å². The van der Waals surface area contributed by atoms with Gasteiger partial charge in [0.05, 0.1) is 5.69 Å². The second kappa shape index (κ2) is 8.90. The van der Waals surface area contributed by atoms with E-state index in [1.807, 2.05) is 19.1 Å². The summed E-state index contributed by atoms with van der Waals surface area (Å²) in [5.74, 6) is 1.68. The molecule has 6 heteroatoms. The van der Waals surface area contributed by atoms with Gasteiger partial charge in [-0.3, -0.25) is 14.8 Å². The molecule has 0 saturated carbocycles. The van der Waals surface area contributed by atoms with Gasteiger partial charge in [-0.25, -0.2) is 0 Å². The fraction of sp³-hybridized carbons (Fsp3) is 0.500. The molecule has 2 aliphatic heterocycles. The van der Waals surface area contributed by atoms with E-state index in [1.165, 1.54) is 5.56 Å². The monoisotopic (exact) mass is 383 g/mol. The molecule has 1 saturated heterocycles. The Labute approximate surface area is 166 Å². The van der Waals surface area contributed by atoms with E-state index in [2.05, 4.69) is 39.0 Å². The molecule has 2 aliphatic rings. The van der Waals surface area contributed by atoms with E-state index in [0.717, 1.165) is 62.0 Å². The number of aliphatic hydroxyl groups excluding tert-OH is 1. The molecule has 0 aliphatic carbocycles. The SMILES string of the molecule is Cc1cccc(CN2CCN(Cc3ccc4c(c3)OCCO4)CC2CCO)n1. The van der Waals surface area contributed by atoms with Crippen molar-refractivity contribution in [3.05, 3.63) is 53.3 Å². The molecule has 150 valence electrons. The molecule has 1 atom stereocenters. The van der Waals surface area contributed by atoms with Gasteiger partial charge in [0.25, 0.3) is 0 Å². The van der Waals surface area contributed by atoms with Crippen molar-refractivity contribution in [3.8, 4) is 11.5 Å². The van der Waals surface area contributed by atoms with Crippen molar-refractivity contribution in [3.63, 3.8) is 0 Å². The Morgan fingerprint density at radius 2 is 1.93 bits per heavy atom. The first-order valence-corrected chi connectivity index (χ1v) is 10.1. The fourth-order valence-electron chi connectivity index (χ4n) is 4.07. The minimum absolute atomic E-state index is 0.209. The number of pyridine rings is 1. The first-order valence-electron chi connectivity index (χ1n) is 10.1. The summed E-state index contributed by atoms with van der Waals surface area (Å²) < 4.78 is 11.3. The number of aliphatic hydroxyl groups is 1. The van der Waals surface area contributed by atoms with E-state index in [-0.39, 0.29) is 6.61 Å². The standard InChI is InChI=1S/C22H29N3O3/c1-17-3-2-4-19(23-17)15-25-9-8-24(16-20(25)7-10-26)14-18-5-6-21-22(13-18)28-12-11-27-21/h2-6,13,20,26H,7-12,14-16H2,1H3. The van der Waals surface area contributed by atoms with Crippen LogP contribution in [-0.2, 0) is 13.1 Å². The molecule has 1 N–H and O–H groups in total. The van der Waals surface area contributed by atoms with E-state index >= 15 is 0 Å². The van der Waals surface area contributed by atoms with Crippen LogP contribution in [0.5, 0.6) is 11.5 Å². The highest BCUT2D eigenvalue weighted by atomic mass is 16.6. The smallest absolute Gasteiger partial charge is 0.161 e. The third-order valence-corrected chi connectivity index (χ3v) is 5.47. The van der Waals surface area contributed by atoms with E-state index in [9.17, 15) is 5.11 Å². The Morgan fingerprint density at radius 3 is 2.75 bits per heavy atom. The lowest BCUT2D eigenvalue weighted by atomic mass is 10.1. The number of aromatic nitrogens is 1. The number of hydrogen-bond donors (Lipinski definition) is 1. The van der Waals surface area contributed by atoms with Gasteiger partial charge in [0.1, 0.15) is 13.2 Å².